The number of imidazole rings is 1. The second kappa shape index (κ2) is 13.5. The molecule has 0 saturated heterocycles. The molecular weight excluding hydrogens is 843 g/mol. The number of aromatic nitrogens is 5. The van der Waals surface area contributed by atoms with E-state index in [1.165, 1.54) is 4.40 Å². The number of fused-ring (bicyclic) bond motifs is 6. The van der Waals surface area contributed by atoms with Gasteiger partial charge in [0.1, 0.15) is 0 Å². The van der Waals surface area contributed by atoms with Crippen molar-refractivity contribution in [3.8, 4) is 28.3 Å². The van der Waals surface area contributed by atoms with Crippen LogP contribution in [0.1, 0.15) is 0 Å². The average Bonchev–Trinajstić information content (AvgIpc) is 3.71. The van der Waals surface area contributed by atoms with Gasteiger partial charge in [0, 0.05) is 26.3 Å². The van der Waals surface area contributed by atoms with Gasteiger partial charge >= 0.3 is 205 Å². The molecule has 9 rings (SSSR count). The van der Waals surface area contributed by atoms with E-state index in [4.69, 9.17) is 9.40 Å². The summed E-state index contributed by atoms with van der Waals surface area (Å²) < 4.78 is 10.0. The van der Waals surface area contributed by atoms with E-state index in [0.29, 0.717) is 5.65 Å². The number of hydrogen-bond acceptors (Lipinski definition) is 5. The van der Waals surface area contributed by atoms with Gasteiger partial charge in [-0.25, -0.2) is 0 Å². The molecule has 0 saturated carbocycles. The van der Waals surface area contributed by atoms with Crippen LogP contribution in [-0.2, 0) is 20.1 Å². The smallest absolute Gasteiger partial charge is 0.0160 e. The van der Waals surface area contributed by atoms with Crippen LogP contribution in [0.15, 0.2) is 138 Å². The standard InChI is InChI=1S/C30H23GeN4O.C11H8N.Ir/c1-31(2,3)19-16-17-21-22-13-9-14-24(28(22)36-26(21)18-19)29-32-27-23-12-7-8-15-25(23)33-34-30(27)35(29)20-10-5-4-6-11-20;1-2-6-10(7-3-1)11-8-4-5-9-12-11;/h4-13,15-18H,1-3H3;1-6,8-9H;/q2*-1;. The van der Waals surface area contributed by atoms with Gasteiger partial charge in [-0.2, -0.15) is 0 Å². The molecule has 4 heterocycles. The number of rotatable bonds is 4. The molecule has 0 unspecified atom stereocenters. The summed E-state index contributed by atoms with van der Waals surface area (Å²) in [4.78, 5) is 9.36. The van der Waals surface area contributed by atoms with Crippen molar-refractivity contribution in [2.24, 2.45) is 0 Å². The van der Waals surface area contributed by atoms with E-state index in [1.54, 1.807) is 6.20 Å². The van der Waals surface area contributed by atoms with Gasteiger partial charge < -0.3 is 4.98 Å². The van der Waals surface area contributed by atoms with Crippen LogP contribution in [0, 0.1) is 12.1 Å². The molecule has 0 aliphatic carbocycles. The number of furan rings is 1. The van der Waals surface area contributed by atoms with Gasteiger partial charge in [0.25, 0.3) is 0 Å². The number of benzene rings is 5. The first-order valence-electron chi connectivity index (χ1n) is 15.9. The zero-order valence-corrected chi connectivity index (χ0v) is 31.7. The Labute approximate surface area is 300 Å². The Morgan fingerprint density at radius 1 is 0.694 bits per heavy atom. The molecule has 241 valence electrons. The van der Waals surface area contributed by atoms with Crippen molar-refractivity contribution in [3.63, 3.8) is 0 Å². The molecule has 0 spiro atoms. The molecule has 4 aromatic heterocycles. The fourth-order valence-electron chi connectivity index (χ4n) is 5.99. The van der Waals surface area contributed by atoms with Gasteiger partial charge in [0.2, 0.25) is 0 Å². The minimum atomic E-state index is -2.01. The molecule has 6 nitrogen and oxygen atoms in total. The summed E-state index contributed by atoms with van der Waals surface area (Å²) in [6, 6.07) is 49.1. The van der Waals surface area contributed by atoms with Crippen LogP contribution in [0.4, 0.5) is 0 Å². The molecule has 0 aliphatic rings. The van der Waals surface area contributed by atoms with E-state index in [0.717, 1.165) is 66.7 Å². The number of para-hydroxylation sites is 1. The fraction of sp³-hybridized carbons (Fsp3) is 0.0732. The van der Waals surface area contributed by atoms with Crippen LogP contribution in [0.25, 0.3) is 72.3 Å². The van der Waals surface area contributed by atoms with Crippen LogP contribution in [-0.4, -0.2) is 38.0 Å². The van der Waals surface area contributed by atoms with Crippen LogP contribution in [0.2, 0.25) is 17.3 Å². The summed E-state index contributed by atoms with van der Waals surface area (Å²) in [5.74, 6) is 7.93. The Morgan fingerprint density at radius 3 is 2.27 bits per heavy atom. The van der Waals surface area contributed by atoms with E-state index in [2.05, 4.69) is 85.5 Å². The maximum Gasteiger partial charge on any atom is 0.0160 e. The number of pyridine rings is 1. The third-order valence-electron chi connectivity index (χ3n) is 8.45. The summed E-state index contributed by atoms with van der Waals surface area (Å²) in [6.45, 7) is 0. The Hall–Kier alpha value is -4.95. The largest absolute Gasteiger partial charge is 0.305 e. The van der Waals surface area contributed by atoms with Crippen molar-refractivity contribution in [1.82, 2.24) is 24.7 Å². The molecule has 1 radical (unpaired) electrons. The van der Waals surface area contributed by atoms with Crippen molar-refractivity contribution in [1.29, 1.82) is 0 Å². The molecule has 49 heavy (non-hydrogen) atoms. The van der Waals surface area contributed by atoms with Crippen molar-refractivity contribution in [2.45, 2.75) is 17.3 Å². The first-order chi connectivity index (χ1) is 23.5. The monoisotopic (exact) mass is 876 g/mol. The zero-order valence-electron chi connectivity index (χ0n) is 27.2. The van der Waals surface area contributed by atoms with Crippen LogP contribution >= 0.6 is 0 Å². The molecule has 0 N–H and O–H groups in total. The molecule has 9 aromatic rings. The summed E-state index contributed by atoms with van der Waals surface area (Å²) >= 11 is -2.01. The van der Waals surface area contributed by atoms with E-state index in [9.17, 15) is 0 Å². The SMILES string of the molecule is [CH3][Ge]([CH3])([CH3])[c]1ccc2c(c1)oc1c(-c3nc4c5ccccc5nnc4n3-c3ccccc3)[c-]ccc12.[Ir].[c-]1ccccc1-c1ccccn1. The molecule has 0 atom stereocenters. The summed E-state index contributed by atoms with van der Waals surface area (Å²) in [7, 11) is 0. The van der Waals surface area contributed by atoms with E-state index < -0.39 is 13.3 Å². The molecule has 0 fully saturated rings. The molecule has 0 amide bonds. The van der Waals surface area contributed by atoms with Crippen molar-refractivity contribution >= 4 is 61.7 Å². The summed E-state index contributed by atoms with van der Waals surface area (Å²) in [6.07, 6.45) is 1.79. The molecule has 0 bridgehead atoms. The van der Waals surface area contributed by atoms with E-state index >= 15 is 0 Å². The molecular formula is C41H31GeIrN5O-2. The first-order valence-corrected chi connectivity index (χ1v) is 23.3. The Kier molecular flexibility index (Phi) is 8.99. The van der Waals surface area contributed by atoms with Crippen molar-refractivity contribution in [3.05, 3.63) is 146 Å². The predicted octanol–water partition coefficient (Wildman–Crippen LogP) is 9.43. The second-order valence-electron chi connectivity index (χ2n) is 12.6. The Balaban J connectivity index is 0.000000246. The minimum absolute atomic E-state index is 0. The topological polar surface area (TPSA) is 69.6 Å². The van der Waals surface area contributed by atoms with Crippen LogP contribution in [0.3, 0.4) is 0 Å². The predicted molar refractivity (Wildman–Crippen MR) is 197 cm³/mol. The van der Waals surface area contributed by atoms with E-state index in [-0.39, 0.29) is 20.1 Å². The van der Waals surface area contributed by atoms with Crippen LogP contribution < -0.4 is 4.40 Å². The van der Waals surface area contributed by atoms with Gasteiger partial charge in [-0.15, -0.1) is 35.9 Å². The van der Waals surface area contributed by atoms with Crippen molar-refractivity contribution in [2.75, 3.05) is 0 Å². The first kappa shape index (κ1) is 32.6. The van der Waals surface area contributed by atoms with E-state index in [1.807, 2.05) is 91.0 Å². The zero-order chi connectivity index (χ0) is 32.7. The molecule has 0 aliphatic heterocycles. The minimum Gasteiger partial charge on any atom is -0.305 e. The van der Waals surface area contributed by atoms with Gasteiger partial charge in [0.05, 0.1) is 0 Å². The molecule has 8 heteroatoms. The van der Waals surface area contributed by atoms with Gasteiger partial charge in [-0.3, -0.25) is 0 Å². The maximum absolute atomic E-state index is 6.56. The Morgan fingerprint density at radius 2 is 1.49 bits per heavy atom. The molecule has 5 aromatic carbocycles. The number of hydrogen-bond donors (Lipinski definition) is 0. The van der Waals surface area contributed by atoms with Gasteiger partial charge in [-0.05, 0) is 11.8 Å². The summed E-state index contributed by atoms with van der Waals surface area (Å²) in [5, 5.41) is 12.2. The second-order valence-corrected chi connectivity index (χ2v) is 23.3. The van der Waals surface area contributed by atoms with Crippen LogP contribution in [0.5, 0.6) is 0 Å². The maximum atomic E-state index is 6.56. The van der Waals surface area contributed by atoms with Gasteiger partial charge in [0.15, 0.2) is 0 Å². The third-order valence-corrected chi connectivity index (χ3v) is 12.7. The van der Waals surface area contributed by atoms with Crippen molar-refractivity contribution < 1.29 is 24.5 Å². The average molecular weight is 875 g/mol. The summed E-state index contributed by atoms with van der Waals surface area (Å²) in [5.41, 5.74) is 7.82. The normalized spacial score (nSPS) is 11.4. The Bertz CT molecular complexity index is 2510. The quantitative estimate of drug-likeness (QED) is 0.130. The van der Waals surface area contributed by atoms with Gasteiger partial charge in [-0.1, -0.05) is 18.2 Å². The third kappa shape index (κ3) is 6.21. The fourth-order valence-corrected chi connectivity index (χ4v) is 8.39. The number of nitrogens with zero attached hydrogens (tertiary/aromatic N) is 5.